The van der Waals surface area contributed by atoms with Crippen LogP contribution >= 0.6 is 0 Å². The molecule has 3 aromatic carbocycles. The van der Waals surface area contributed by atoms with E-state index in [2.05, 4.69) is 62.4 Å². The summed E-state index contributed by atoms with van der Waals surface area (Å²) in [5.41, 5.74) is 4.51. The summed E-state index contributed by atoms with van der Waals surface area (Å²) in [5, 5.41) is 4.89. The average Bonchev–Trinajstić information content (AvgIpc) is 2.77. The number of rotatable bonds is 0. The van der Waals surface area contributed by atoms with E-state index in [-0.39, 0.29) is 0 Å². The smallest absolute Gasteiger partial charge is 0.143 e. The molecular weight excluding hydrogens is 232 g/mol. The van der Waals surface area contributed by atoms with Crippen molar-refractivity contribution in [2.45, 2.75) is 13.8 Å². The lowest BCUT2D eigenvalue weighted by molar-refractivity contribution is 0.672. The molecule has 1 heteroatoms. The van der Waals surface area contributed by atoms with Crippen molar-refractivity contribution in [3.05, 3.63) is 59.7 Å². The molecule has 0 aliphatic heterocycles. The van der Waals surface area contributed by atoms with Gasteiger partial charge in [-0.25, -0.2) is 0 Å². The van der Waals surface area contributed by atoms with E-state index < -0.39 is 0 Å². The minimum absolute atomic E-state index is 0.978. The average molecular weight is 246 g/mol. The first-order valence-electron chi connectivity index (χ1n) is 6.55. The van der Waals surface area contributed by atoms with Gasteiger partial charge in [0, 0.05) is 16.2 Å². The normalized spacial score (nSPS) is 11.7. The van der Waals surface area contributed by atoms with Crippen LogP contribution in [0.2, 0.25) is 0 Å². The zero-order chi connectivity index (χ0) is 13.0. The van der Waals surface area contributed by atoms with E-state index in [1.807, 2.05) is 0 Å². The predicted octanol–water partition coefficient (Wildman–Crippen LogP) is 5.36. The van der Waals surface area contributed by atoms with Crippen molar-refractivity contribution in [2.24, 2.45) is 0 Å². The van der Waals surface area contributed by atoms with Crippen LogP contribution in [-0.4, -0.2) is 0 Å². The van der Waals surface area contributed by atoms with Gasteiger partial charge in [-0.1, -0.05) is 36.4 Å². The lowest BCUT2D eigenvalue weighted by atomic mass is 10.0. The number of fused-ring (bicyclic) bond motifs is 5. The van der Waals surface area contributed by atoms with Crippen LogP contribution in [0, 0.1) is 13.8 Å². The van der Waals surface area contributed by atoms with Gasteiger partial charge in [-0.2, -0.15) is 0 Å². The highest BCUT2D eigenvalue weighted by Gasteiger charge is 2.11. The molecule has 0 aliphatic carbocycles. The van der Waals surface area contributed by atoms with E-state index in [0.29, 0.717) is 0 Å². The first-order valence-corrected chi connectivity index (χ1v) is 6.55. The maximum atomic E-state index is 6.10. The van der Waals surface area contributed by atoms with Gasteiger partial charge < -0.3 is 4.42 Å². The Morgan fingerprint density at radius 1 is 0.737 bits per heavy atom. The van der Waals surface area contributed by atoms with Crippen LogP contribution in [0.3, 0.4) is 0 Å². The van der Waals surface area contributed by atoms with Crippen molar-refractivity contribution in [3.63, 3.8) is 0 Å². The largest absolute Gasteiger partial charge is 0.455 e. The third kappa shape index (κ3) is 1.42. The molecule has 0 amide bonds. The highest BCUT2D eigenvalue weighted by molar-refractivity contribution is 6.15. The van der Waals surface area contributed by atoms with Crippen molar-refractivity contribution < 1.29 is 4.42 Å². The van der Waals surface area contributed by atoms with Gasteiger partial charge in [0.25, 0.3) is 0 Å². The van der Waals surface area contributed by atoms with E-state index >= 15 is 0 Å². The summed E-state index contributed by atoms with van der Waals surface area (Å²) < 4.78 is 6.10. The second-order valence-electron chi connectivity index (χ2n) is 5.22. The fourth-order valence-corrected chi connectivity index (χ4v) is 2.89. The van der Waals surface area contributed by atoms with Crippen LogP contribution in [0.5, 0.6) is 0 Å². The topological polar surface area (TPSA) is 13.1 Å². The molecule has 0 radical (unpaired) electrons. The maximum Gasteiger partial charge on any atom is 0.143 e. The fourth-order valence-electron chi connectivity index (χ4n) is 2.89. The van der Waals surface area contributed by atoms with Crippen LogP contribution in [0.25, 0.3) is 32.7 Å². The van der Waals surface area contributed by atoms with Crippen LogP contribution in [0.4, 0.5) is 0 Å². The zero-order valence-electron chi connectivity index (χ0n) is 11.0. The van der Waals surface area contributed by atoms with Gasteiger partial charge in [-0.15, -0.1) is 0 Å². The SMILES string of the molecule is Cc1ccc2c(c1)oc1c3ccccc3c(C)cc21. The third-order valence-electron chi connectivity index (χ3n) is 3.84. The number of hydrogen-bond donors (Lipinski definition) is 0. The molecule has 92 valence electrons. The van der Waals surface area contributed by atoms with Gasteiger partial charge in [0.1, 0.15) is 11.2 Å². The van der Waals surface area contributed by atoms with E-state index in [0.717, 1.165) is 11.2 Å². The third-order valence-corrected chi connectivity index (χ3v) is 3.84. The molecule has 1 nitrogen and oxygen atoms in total. The lowest BCUT2D eigenvalue weighted by Gasteiger charge is -2.02. The van der Waals surface area contributed by atoms with Crippen molar-refractivity contribution in [1.82, 2.24) is 0 Å². The predicted molar refractivity (Wildman–Crippen MR) is 80.7 cm³/mol. The quantitative estimate of drug-likeness (QED) is 0.407. The first kappa shape index (κ1) is 10.6. The van der Waals surface area contributed by atoms with Gasteiger partial charge in [0.2, 0.25) is 0 Å². The van der Waals surface area contributed by atoms with Gasteiger partial charge in [-0.3, -0.25) is 0 Å². The summed E-state index contributed by atoms with van der Waals surface area (Å²) in [5.74, 6) is 0. The summed E-state index contributed by atoms with van der Waals surface area (Å²) in [7, 11) is 0. The molecule has 0 atom stereocenters. The lowest BCUT2D eigenvalue weighted by Crippen LogP contribution is -1.79. The Kier molecular flexibility index (Phi) is 2.02. The molecule has 19 heavy (non-hydrogen) atoms. The summed E-state index contributed by atoms with van der Waals surface area (Å²) in [4.78, 5) is 0. The van der Waals surface area contributed by atoms with Gasteiger partial charge in [-0.05, 0) is 42.5 Å². The fraction of sp³-hybridized carbons (Fsp3) is 0.111. The Morgan fingerprint density at radius 3 is 2.37 bits per heavy atom. The van der Waals surface area contributed by atoms with Crippen LogP contribution in [-0.2, 0) is 0 Å². The second-order valence-corrected chi connectivity index (χ2v) is 5.22. The van der Waals surface area contributed by atoms with Crippen molar-refractivity contribution in [3.8, 4) is 0 Å². The molecule has 0 spiro atoms. The highest BCUT2D eigenvalue weighted by atomic mass is 16.3. The molecule has 0 fully saturated rings. The summed E-state index contributed by atoms with van der Waals surface area (Å²) in [6.07, 6.45) is 0. The van der Waals surface area contributed by atoms with Crippen LogP contribution in [0.1, 0.15) is 11.1 Å². The van der Waals surface area contributed by atoms with E-state index in [4.69, 9.17) is 4.42 Å². The van der Waals surface area contributed by atoms with E-state index in [1.54, 1.807) is 0 Å². The zero-order valence-corrected chi connectivity index (χ0v) is 11.0. The van der Waals surface area contributed by atoms with Gasteiger partial charge in [0.15, 0.2) is 0 Å². The Labute approximate surface area is 111 Å². The number of furan rings is 1. The molecule has 0 unspecified atom stereocenters. The Hall–Kier alpha value is -2.28. The highest BCUT2D eigenvalue weighted by Crippen LogP contribution is 2.35. The monoisotopic (exact) mass is 246 g/mol. The van der Waals surface area contributed by atoms with Crippen molar-refractivity contribution >= 4 is 32.7 Å². The minimum Gasteiger partial charge on any atom is -0.455 e. The standard InChI is InChI=1S/C18H14O/c1-11-7-8-14-16-10-12(2)13-5-3-4-6-15(13)18(16)19-17(14)9-11/h3-10H,1-2H3. The van der Waals surface area contributed by atoms with Crippen molar-refractivity contribution in [1.29, 1.82) is 0 Å². The van der Waals surface area contributed by atoms with Gasteiger partial charge in [0.05, 0.1) is 0 Å². The van der Waals surface area contributed by atoms with Crippen molar-refractivity contribution in [2.75, 3.05) is 0 Å². The van der Waals surface area contributed by atoms with E-state index in [9.17, 15) is 0 Å². The molecule has 0 bridgehead atoms. The number of hydrogen-bond acceptors (Lipinski definition) is 1. The summed E-state index contributed by atoms with van der Waals surface area (Å²) >= 11 is 0. The molecule has 1 aromatic heterocycles. The number of benzene rings is 3. The maximum absolute atomic E-state index is 6.10. The Balaban J connectivity index is 2.31. The van der Waals surface area contributed by atoms with Gasteiger partial charge >= 0.3 is 0 Å². The molecule has 1 heterocycles. The second kappa shape index (κ2) is 3.61. The Bertz CT molecular complexity index is 929. The van der Waals surface area contributed by atoms with Crippen LogP contribution < -0.4 is 0 Å². The first-order chi connectivity index (χ1) is 9.24. The van der Waals surface area contributed by atoms with E-state index in [1.165, 1.54) is 32.7 Å². The number of aryl methyl sites for hydroxylation is 2. The molecule has 0 N–H and O–H groups in total. The van der Waals surface area contributed by atoms with Crippen LogP contribution in [0.15, 0.2) is 52.9 Å². The summed E-state index contributed by atoms with van der Waals surface area (Å²) in [6.45, 7) is 4.25. The Morgan fingerprint density at radius 2 is 1.53 bits per heavy atom. The molecule has 4 aromatic rings. The minimum atomic E-state index is 0.978. The molecule has 0 saturated heterocycles. The molecule has 0 saturated carbocycles. The summed E-state index contributed by atoms with van der Waals surface area (Å²) in [6, 6.07) is 17.1. The molecule has 0 aliphatic rings. The molecular formula is C18H14O. The molecule has 4 rings (SSSR count).